The molecule has 0 fully saturated rings. The van der Waals surface area contributed by atoms with Gasteiger partial charge in [0.05, 0.1) is 6.04 Å². The molecule has 0 spiro atoms. The Morgan fingerprint density at radius 2 is 1.45 bits per heavy atom. The van der Waals surface area contributed by atoms with Crippen molar-refractivity contribution < 1.29 is 19.0 Å². The molecule has 0 radical (unpaired) electrons. The van der Waals surface area contributed by atoms with Gasteiger partial charge in [-0.2, -0.15) is 0 Å². The molecule has 0 bridgehead atoms. The Labute approximate surface area is 261 Å². The first-order valence-corrected chi connectivity index (χ1v) is 15.3. The van der Waals surface area contributed by atoms with Crippen molar-refractivity contribution in [2.24, 2.45) is 0 Å². The third-order valence-corrected chi connectivity index (χ3v) is 8.09. The fraction of sp³-hybridized carbons (Fsp3) is 0.286. The second-order valence-electron chi connectivity index (χ2n) is 11.5. The minimum atomic E-state index is -0.600. The summed E-state index contributed by atoms with van der Waals surface area (Å²) in [5, 5.41) is 0. The number of anilines is 1. The van der Waals surface area contributed by atoms with Gasteiger partial charge in [0.25, 0.3) is 0 Å². The van der Waals surface area contributed by atoms with Gasteiger partial charge in [-0.05, 0) is 108 Å². The van der Waals surface area contributed by atoms with Gasteiger partial charge in [0, 0.05) is 15.8 Å². The minimum Gasteiger partial charge on any atom is -0.485 e. The van der Waals surface area contributed by atoms with E-state index in [1.54, 1.807) is 0 Å². The number of fused-ring (bicyclic) bond motifs is 1. The molecule has 2 N–H and O–H groups in total. The predicted octanol–water partition coefficient (Wildman–Crippen LogP) is 8.11. The molecule has 1 unspecified atom stereocenters. The van der Waals surface area contributed by atoms with Crippen molar-refractivity contribution in [3.8, 4) is 11.5 Å². The molecule has 6 nitrogen and oxygen atoms in total. The van der Waals surface area contributed by atoms with E-state index in [4.69, 9.17) is 19.9 Å². The van der Waals surface area contributed by atoms with Crippen molar-refractivity contribution in [1.82, 2.24) is 4.90 Å². The van der Waals surface area contributed by atoms with Crippen LogP contribution in [0.1, 0.15) is 54.6 Å². The molecule has 0 saturated carbocycles. The molecule has 7 heteroatoms. The lowest BCUT2D eigenvalue weighted by atomic mass is 9.88. The summed E-state index contributed by atoms with van der Waals surface area (Å²) >= 11 is 2.25. The number of nitrogens with two attached hydrogens (primary N) is 1. The van der Waals surface area contributed by atoms with E-state index in [0.29, 0.717) is 44.1 Å². The number of hydrogen-bond acceptors (Lipinski definition) is 5. The normalized spacial score (nSPS) is 14.7. The Bertz CT molecular complexity index is 1520. The van der Waals surface area contributed by atoms with Crippen LogP contribution < -0.4 is 15.2 Å². The van der Waals surface area contributed by atoms with E-state index in [1.165, 1.54) is 0 Å². The second kappa shape index (κ2) is 13.1. The summed E-state index contributed by atoms with van der Waals surface area (Å²) in [5.74, 6) is 1.34. The topological polar surface area (TPSA) is 74.0 Å². The van der Waals surface area contributed by atoms with Crippen LogP contribution in [0.5, 0.6) is 11.5 Å². The number of hydrogen-bond donors (Lipinski definition) is 1. The van der Waals surface area contributed by atoms with Gasteiger partial charge in [0.15, 0.2) is 11.5 Å². The highest BCUT2D eigenvalue weighted by Gasteiger charge is 2.35. The molecule has 4 aromatic carbocycles. The Morgan fingerprint density at radius 1 is 0.857 bits per heavy atom. The summed E-state index contributed by atoms with van der Waals surface area (Å²) in [6.07, 6.45) is 0.982. The zero-order chi connectivity index (χ0) is 29.7. The van der Waals surface area contributed by atoms with E-state index in [9.17, 15) is 4.79 Å². The van der Waals surface area contributed by atoms with E-state index in [-0.39, 0.29) is 12.1 Å². The number of benzene rings is 4. The van der Waals surface area contributed by atoms with E-state index in [1.807, 2.05) is 98.5 Å². The molecule has 4 aromatic rings. The summed E-state index contributed by atoms with van der Waals surface area (Å²) in [4.78, 5) is 15.3. The van der Waals surface area contributed by atoms with Gasteiger partial charge in [-0.15, -0.1) is 0 Å². The van der Waals surface area contributed by atoms with Crippen molar-refractivity contribution in [3.63, 3.8) is 0 Å². The molecule has 1 heterocycles. The summed E-state index contributed by atoms with van der Waals surface area (Å²) in [6, 6.07) is 30.1. The molecule has 0 saturated heterocycles. The fourth-order valence-corrected chi connectivity index (χ4v) is 5.67. The summed E-state index contributed by atoms with van der Waals surface area (Å²) < 4.78 is 19.6. The molecular weight excluding hydrogens is 639 g/mol. The van der Waals surface area contributed by atoms with Crippen LogP contribution in [-0.4, -0.2) is 23.1 Å². The third kappa shape index (κ3) is 7.56. The van der Waals surface area contributed by atoms with E-state index in [2.05, 4.69) is 40.8 Å². The van der Waals surface area contributed by atoms with Crippen molar-refractivity contribution in [2.75, 3.05) is 12.3 Å². The molecule has 218 valence electrons. The van der Waals surface area contributed by atoms with Gasteiger partial charge in [-0.1, -0.05) is 66.7 Å². The minimum absolute atomic E-state index is 0.245. The van der Waals surface area contributed by atoms with Crippen LogP contribution >= 0.6 is 22.6 Å². The van der Waals surface area contributed by atoms with E-state index < -0.39 is 5.60 Å². The maximum atomic E-state index is 13.5. The van der Waals surface area contributed by atoms with Crippen LogP contribution in [0.15, 0.2) is 91.0 Å². The molecule has 1 amide bonds. The smallest absolute Gasteiger partial charge is 0.410 e. The molecule has 1 atom stereocenters. The Kier molecular flexibility index (Phi) is 9.26. The largest absolute Gasteiger partial charge is 0.485 e. The molecule has 1 aliphatic heterocycles. The number of amides is 1. The van der Waals surface area contributed by atoms with Gasteiger partial charge in [0.1, 0.15) is 18.8 Å². The van der Waals surface area contributed by atoms with Crippen LogP contribution in [0, 0.1) is 3.57 Å². The highest BCUT2D eigenvalue weighted by Crippen LogP contribution is 2.41. The first-order valence-electron chi connectivity index (χ1n) is 14.2. The van der Waals surface area contributed by atoms with Crippen LogP contribution in [0.25, 0.3) is 0 Å². The highest BCUT2D eigenvalue weighted by atomic mass is 127. The number of rotatable bonds is 8. The number of nitrogen functional groups attached to an aromatic ring is 1. The first-order chi connectivity index (χ1) is 20.2. The SMILES string of the molecule is CC(C)(C)OC(=O)N1CCc2cc(OCc3ccccc3)c(OCc3ccccc3)cc2C1Cc1ccc(N)c(I)c1. The number of carbonyl (C=O) groups is 1. The highest BCUT2D eigenvalue weighted by molar-refractivity contribution is 14.1. The molecule has 1 aliphatic rings. The number of ether oxygens (including phenoxy) is 3. The van der Waals surface area contributed by atoms with Crippen molar-refractivity contribution in [3.05, 3.63) is 122 Å². The van der Waals surface area contributed by atoms with Crippen molar-refractivity contribution in [2.45, 2.75) is 58.5 Å². The maximum absolute atomic E-state index is 13.5. The lowest BCUT2D eigenvalue weighted by Crippen LogP contribution is -2.43. The van der Waals surface area contributed by atoms with Crippen molar-refractivity contribution in [1.29, 1.82) is 0 Å². The molecule has 42 heavy (non-hydrogen) atoms. The predicted molar refractivity (Wildman–Crippen MR) is 175 cm³/mol. The van der Waals surface area contributed by atoms with Crippen LogP contribution in [0.2, 0.25) is 0 Å². The fourth-order valence-electron chi connectivity index (χ4n) is 5.09. The van der Waals surface area contributed by atoms with Gasteiger partial charge in [0.2, 0.25) is 0 Å². The van der Waals surface area contributed by atoms with Gasteiger partial charge < -0.3 is 24.8 Å². The molecule has 0 aromatic heterocycles. The molecule has 5 rings (SSSR count). The summed E-state index contributed by atoms with van der Waals surface area (Å²) in [7, 11) is 0. The van der Waals surface area contributed by atoms with Gasteiger partial charge >= 0.3 is 6.09 Å². The molecular formula is C35H37IN2O4. The summed E-state index contributed by atoms with van der Waals surface area (Å²) in [6.45, 7) is 7.06. The second-order valence-corrected chi connectivity index (χ2v) is 12.7. The third-order valence-electron chi connectivity index (χ3n) is 7.16. The Hall–Kier alpha value is -3.72. The van der Waals surface area contributed by atoms with E-state index >= 15 is 0 Å². The molecule has 0 aliphatic carbocycles. The Balaban J connectivity index is 1.52. The lowest BCUT2D eigenvalue weighted by molar-refractivity contribution is 0.0141. The number of carbonyl (C=O) groups excluding carboxylic acids is 1. The first kappa shape index (κ1) is 29.8. The van der Waals surface area contributed by atoms with Crippen LogP contribution in [0.3, 0.4) is 0 Å². The monoisotopic (exact) mass is 676 g/mol. The Morgan fingerprint density at radius 3 is 2.02 bits per heavy atom. The van der Waals surface area contributed by atoms with Gasteiger partial charge in [-0.3, -0.25) is 0 Å². The zero-order valence-electron chi connectivity index (χ0n) is 24.3. The van der Waals surface area contributed by atoms with Gasteiger partial charge in [-0.25, -0.2) is 4.79 Å². The maximum Gasteiger partial charge on any atom is 0.410 e. The number of nitrogens with zero attached hydrogens (tertiary/aromatic N) is 1. The average molecular weight is 677 g/mol. The van der Waals surface area contributed by atoms with Crippen LogP contribution in [-0.2, 0) is 30.8 Å². The standard InChI is InChI=1S/C35H37IN2O4/c1-35(2,3)42-34(39)38-17-16-27-20-32(40-22-24-10-6-4-7-11-24)33(41-23-25-12-8-5-9-13-25)21-28(27)31(38)19-26-14-15-30(37)29(36)18-26/h4-15,18,20-21,31H,16-17,19,22-23,37H2,1-3H3. The lowest BCUT2D eigenvalue weighted by Gasteiger charge is -2.38. The zero-order valence-corrected chi connectivity index (χ0v) is 26.5. The van der Waals surface area contributed by atoms with E-state index in [0.717, 1.165) is 37.1 Å². The number of halogens is 1. The average Bonchev–Trinajstić information content (AvgIpc) is 2.97. The quantitative estimate of drug-likeness (QED) is 0.151. The summed E-state index contributed by atoms with van der Waals surface area (Å²) in [5.41, 5.74) is 11.7. The van der Waals surface area contributed by atoms with Crippen molar-refractivity contribution >= 4 is 34.4 Å². The van der Waals surface area contributed by atoms with Crippen LogP contribution in [0.4, 0.5) is 10.5 Å².